The summed E-state index contributed by atoms with van der Waals surface area (Å²) < 4.78 is 5.48. The number of rotatable bonds is 4. The number of esters is 1. The molecule has 1 aromatic rings. The van der Waals surface area contributed by atoms with Gasteiger partial charge >= 0.3 is 5.97 Å². The van der Waals surface area contributed by atoms with Gasteiger partial charge in [-0.15, -0.1) is 0 Å². The maximum Gasteiger partial charge on any atom is 0.310 e. The Morgan fingerprint density at radius 3 is 2.79 bits per heavy atom. The van der Waals surface area contributed by atoms with Crippen molar-refractivity contribution in [1.29, 1.82) is 0 Å². The minimum Gasteiger partial charge on any atom is -0.459 e. The minimum absolute atomic E-state index is 0.0359. The van der Waals surface area contributed by atoms with E-state index in [4.69, 9.17) is 27.9 Å². The van der Waals surface area contributed by atoms with Crippen molar-refractivity contribution in [3.05, 3.63) is 40.7 Å². The molecule has 0 saturated heterocycles. The molecule has 1 saturated carbocycles. The molecule has 1 fully saturated rings. The van der Waals surface area contributed by atoms with Gasteiger partial charge in [-0.3, -0.25) is 9.78 Å². The van der Waals surface area contributed by atoms with Crippen LogP contribution in [0.2, 0.25) is 0 Å². The summed E-state index contributed by atoms with van der Waals surface area (Å²) in [5.41, 5.74) is 0.577. The smallest absolute Gasteiger partial charge is 0.310 e. The Morgan fingerprint density at radius 2 is 2.21 bits per heavy atom. The first-order chi connectivity index (χ1) is 8.93. The number of halogens is 2. The van der Waals surface area contributed by atoms with E-state index in [0.717, 1.165) is 5.69 Å². The monoisotopic (exact) mass is 299 g/mol. The third-order valence-electron chi connectivity index (χ3n) is 3.56. The third kappa shape index (κ3) is 3.28. The molecule has 0 N–H and O–H groups in total. The molecular weight excluding hydrogens is 285 g/mol. The average Bonchev–Trinajstić information content (AvgIpc) is 2.88. The average molecular weight is 300 g/mol. The highest BCUT2D eigenvalue weighted by molar-refractivity contribution is 6.55. The van der Waals surface area contributed by atoms with Crippen LogP contribution in [0.5, 0.6) is 0 Å². The van der Waals surface area contributed by atoms with Crippen molar-refractivity contribution in [3.8, 4) is 0 Å². The van der Waals surface area contributed by atoms with Gasteiger partial charge in [0.05, 0.1) is 11.6 Å². The molecule has 19 heavy (non-hydrogen) atoms. The van der Waals surface area contributed by atoms with Crippen molar-refractivity contribution >= 4 is 29.2 Å². The van der Waals surface area contributed by atoms with E-state index in [0.29, 0.717) is 0 Å². The Labute approximate surface area is 122 Å². The fraction of sp³-hybridized carbons (Fsp3) is 0.429. The van der Waals surface area contributed by atoms with E-state index in [-0.39, 0.29) is 34.3 Å². The first kappa shape index (κ1) is 14.4. The predicted molar refractivity (Wildman–Crippen MR) is 74.6 cm³/mol. The second-order valence-electron chi connectivity index (χ2n) is 5.21. The van der Waals surface area contributed by atoms with Crippen LogP contribution in [0.3, 0.4) is 0 Å². The molecule has 1 heterocycles. The van der Waals surface area contributed by atoms with E-state index >= 15 is 0 Å². The molecule has 2 unspecified atom stereocenters. The fourth-order valence-electron chi connectivity index (χ4n) is 2.29. The van der Waals surface area contributed by atoms with Crippen LogP contribution in [0.4, 0.5) is 0 Å². The number of hydrogen-bond donors (Lipinski definition) is 0. The lowest BCUT2D eigenvalue weighted by Gasteiger charge is -2.04. The second kappa shape index (κ2) is 5.51. The van der Waals surface area contributed by atoms with Gasteiger partial charge in [0, 0.05) is 6.20 Å². The van der Waals surface area contributed by atoms with E-state index in [1.54, 1.807) is 12.3 Å². The number of carbonyl (C=O) groups excluding carboxylic acids is 1. The molecule has 0 amide bonds. The van der Waals surface area contributed by atoms with Crippen molar-refractivity contribution in [2.75, 3.05) is 0 Å². The largest absolute Gasteiger partial charge is 0.459 e. The fourth-order valence-corrected chi connectivity index (χ4v) is 2.56. The molecule has 2 rings (SSSR count). The lowest BCUT2D eigenvalue weighted by molar-refractivity contribution is -0.147. The van der Waals surface area contributed by atoms with Crippen LogP contribution < -0.4 is 0 Å². The van der Waals surface area contributed by atoms with E-state index in [2.05, 4.69) is 4.98 Å². The van der Waals surface area contributed by atoms with Crippen LogP contribution in [0.25, 0.3) is 0 Å². The number of carbonyl (C=O) groups is 1. The Balaban J connectivity index is 1.93. The molecule has 2 atom stereocenters. The quantitative estimate of drug-likeness (QED) is 0.796. The molecular formula is C14H15Cl2NO2. The maximum atomic E-state index is 12.0. The zero-order valence-electron chi connectivity index (χ0n) is 10.8. The van der Waals surface area contributed by atoms with Crippen molar-refractivity contribution < 1.29 is 9.53 Å². The molecule has 5 heteroatoms. The summed E-state index contributed by atoms with van der Waals surface area (Å²) in [5.74, 6) is -0.385. The van der Waals surface area contributed by atoms with Gasteiger partial charge in [-0.05, 0) is 29.5 Å². The molecule has 3 nitrogen and oxygen atoms in total. The molecule has 1 aliphatic rings. The van der Waals surface area contributed by atoms with Crippen molar-refractivity contribution in [1.82, 2.24) is 4.98 Å². The lowest BCUT2D eigenvalue weighted by Crippen LogP contribution is -2.11. The van der Waals surface area contributed by atoms with Gasteiger partial charge in [-0.25, -0.2) is 0 Å². The van der Waals surface area contributed by atoms with E-state index < -0.39 is 0 Å². The molecule has 1 aliphatic carbocycles. The summed E-state index contributed by atoms with van der Waals surface area (Å²) >= 11 is 11.3. The van der Waals surface area contributed by atoms with Crippen LogP contribution in [0, 0.1) is 17.3 Å². The summed E-state index contributed by atoms with van der Waals surface area (Å²) in [4.78, 5) is 16.1. The summed E-state index contributed by atoms with van der Waals surface area (Å²) in [6.45, 7) is 4.19. The molecule has 0 bridgehead atoms. The van der Waals surface area contributed by atoms with Gasteiger partial charge in [-0.2, -0.15) is 0 Å². The Kier molecular flexibility index (Phi) is 4.16. The van der Waals surface area contributed by atoms with Gasteiger partial charge in [-0.1, -0.05) is 43.1 Å². The van der Waals surface area contributed by atoms with E-state index in [1.165, 1.54) is 0 Å². The van der Waals surface area contributed by atoms with Crippen LogP contribution in [0.1, 0.15) is 19.5 Å². The molecule has 0 aliphatic heterocycles. The minimum atomic E-state index is -0.230. The van der Waals surface area contributed by atoms with Crippen molar-refractivity contribution in [2.45, 2.75) is 20.5 Å². The first-order valence-corrected chi connectivity index (χ1v) is 6.78. The molecule has 0 aromatic carbocycles. The molecule has 1 aromatic heterocycles. The highest BCUT2D eigenvalue weighted by Gasteiger charge is 2.61. The van der Waals surface area contributed by atoms with Gasteiger partial charge < -0.3 is 4.74 Å². The van der Waals surface area contributed by atoms with Gasteiger partial charge in [0.2, 0.25) is 0 Å². The van der Waals surface area contributed by atoms with Crippen LogP contribution >= 0.6 is 23.2 Å². The topological polar surface area (TPSA) is 39.2 Å². The lowest BCUT2D eigenvalue weighted by atomic mass is 10.1. The summed E-state index contributed by atoms with van der Waals surface area (Å²) in [7, 11) is 0. The number of hydrogen-bond acceptors (Lipinski definition) is 3. The van der Waals surface area contributed by atoms with E-state index in [1.807, 2.05) is 32.0 Å². The van der Waals surface area contributed by atoms with Crippen LogP contribution in [-0.2, 0) is 16.1 Å². The number of aromatic nitrogens is 1. The number of allylic oxidation sites excluding steroid dienone is 1. The number of nitrogens with zero attached hydrogens (tertiary/aromatic N) is 1. The van der Waals surface area contributed by atoms with Crippen LogP contribution in [-0.4, -0.2) is 11.0 Å². The Bertz CT molecular complexity index is 495. The Morgan fingerprint density at radius 1 is 1.47 bits per heavy atom. The zero-order valence-corrected chi connectivity index (χ0v) is 12.3. The molecule has 0 radical (unpaired) electrons. The van der Waals surface area contributed by atoms with Crippen molar-refractivity contribution in [3.63, 3.8) is 0 Å². The van der Waals surface area contributed by atoms with E-state index in [9.17, 15) is 4.79 Å². The predicted octanol–water partition coefficient (Wildman–Crippen LogP) is 3.72. The Hall–Kier alpha value is -1.06. The van der Waals surface area contributed by atoms with Gasteiger partial charge in [0.1, 0.15) is 11.1 Å². The van der Waals surface area contributed by atoms with Crippen LogP contribution in [0.15, 0.2) is 35.0 Å². The summed E-state index contributed by atoms with van der Waals surface area (Å²) in [5, 5.41) is 0. The van der Waals surface area contributed by atoms with Crippen molar-refractivity contribution in [2.24, 2.45) is 17.3 Å². The summed E-state index contributed by atoms with van der Waals surface area (Å²) in [6, 6.07) is 5.49. The highest BCUT2D eigenvalue weighted by Crippen LogP contribution is 2.60. The maximum absolute atomic E-state index is 12.0. The first-order valence-electron chi connectivity index (χ1n) is 6.02. The second-order valence-corrected chi connectivity index (χ2v) is 6.22. The molecule has 102 valence electrons. The molecule has 0 spiro atoms. The highest BCUT2D eigenvalue weighted by atomic mass is 35.5. The normalized spacial score (nSPS) is 23.6. The van der Waals surface area contributed by atoms with Gasteiger partial charge in [0.25, 0.3) is 0 Å². The summed E-state index contributed by atoms with van der Waals surface area (Å²) in [6.07, 6.45) is 3.37. The number of ether oxygens (including phenoxy) is 1. The zero-order chi connectivity index (χ0) is 14.0. The third-order valence-corrected chi connectivity index (χ3v) is 3.81. The standard InChI is InChI=1S/C14H15Cl2NO2/c1-14(2)10(7-11(15)16)12(14)13(18)19-8-9-5-3-4-6-17-9/h3-7,10,12H,8H2,1-2H3. The number of pyridine rings is 1. The SMILES string of the molecule is CC1(C)C(C=C(Cl)Cl)C1C(=O)OCc1ccccn1. The van der Waals surface area contributed by atoms with Gasteiger partial charge in [0.15, 0.2) is 0 Å².